The molecule has 0 aliphatic heterocycles. The number of anilines is 1. The fourth-order valence-electron chi connectivity index (χ4n) is 1.99. The average molecular weight is 283 g/mol. The first-order chi connectivity index (χ1) is 10.1. The first kappa shape index (κ1) is 14.8. The number of rotatable bonds is 6. The third-order valence-corrected chi connectivity index (χ3v) is 3.10. The van der Waals surface area contributed by atoms with Crippen molar-refractivity contribution in [2.75, 3.05) is 5.32 Å². The maximum absolute atomic E-state index is 12.0. The molecular weight excluding hydrogens is 266 g/mol. The zero-order valence-electron chi connectivity index (χ0n) is 11.6. The van der Waals surface area contributed by atoms with Gasteiger partial charge in [-0.3, -0.25) is 9.59 Å². The van der Waals surface area contributed by atoms with Crippen LogP contribution in [0.3, 0.4) is 0 Å². The van der Waals surface area contributed by atoms with Gasteiger partial charge in [-0.1, -0.05) is 30.3 Å². The molecule has 4 heteroatoms. The van der Waals surface area contributed by atoms with Crippen LogP contribution >= 0.6 is 0 Å². The largest absolute Gasteiger partial charge is 0.481 e. The number of carbonyl (C=O) groups is 2. The molecule has 0 aromatic heterocycles. The average Bonchev–Trinajstić information content (AvgIpc) is 2.49. The predicted molar refractivity (Wildman–Crippen MR) is 81.4 cm³/mol. The van der Waals surface area contributed by atoms with Crippen molar-refractivity contribution in [1.29, 1.82) is 0 Å². The predicted octanol–water partition coefficient (Wildman–Crippen LogP) is 3.35. The van der Waals surface area contributed by atoms with Crippen molar-refractivity contribution in [2.24, 2.45) is 0 Å². The number of benzene rings is 2. The molecule has 0 heterocycles. The third-order valence-electron chi connectivity index (χ3n) is 3.10. The first-order valence-corrected chi connectivity index (χ1v) is 6.82. The second kappa shape index (κ2) is 7.24. The van der Waals surface area contributed by atoms with Crippen molar-refractivity contribution in [3.05, 3.63) is 65.7 Å². The summed E-state index contributed by atoms with van der Waals surface area (Å²) in [5.41, 5.74) is 2.41. The van der Waals surface area contributed by atoms with E-state index in [0.717, 1.165) is 17.7 Å². The Morgan fingerprint density at radius 2 is 1.62 bits per heavy atom. The number of carboxylic acids is 1. The molecule has 4 nitrogen and oxygen atoms in total. The minimum Gasteiger partial charge on any atom is -0.481 e. The second-order valence-corrected chi connectivity index (χ2v) is 4.76. The number of nitrogens with one attached hydrogen (secondary N) is 1. The van der Waals surface area contributed by atoms with Crippen molar-refractivity contribution in [3.63, 3.8) is 0 Å². The van der Waals surface area contributed by atoms with Gasteiger partial charge in [0.15, 0.2) is 0 Å². The molecular formula is C17H17NO3. The van der Waals surface area contributed by atoms with E-state index < -0.39 is 5.97 Å². The molecule has 0 aliphatic rings. The zero-order chi connectivity index (χ0) is 15.1. The van der Waals surface area contributed by atoms with Crippen LogP contribution in [0.4, 0.5) is 5.69 Å². The lowest BCUT2D eigenvalue weighted by molar-refractivity contribution is -0.137. The maximum Gasteiger partial charge on any atom is 0.303 e. The van der Waals surface area contributed by atoms with Gasteiger partial charge < -0.3 is 10.4 Å². The third kappa shape index (κ3) is 4.76. The molecule has 0 saturated heterocycles. The van der Waals surface area contributed by atoms with Gasteiger partial charge in [-0.05, 0) is 42.7 Å². The number of amides is 1. The van der Waals surface area contributed by atoms with E-state index in [4.69, 9.17) is 5.11 Å². The lowest BCUT2D eigenvalue weighted by Gasteiger charge is -2.06. The van der Waals surface area contributed by atoms with Gasteiger partial charge >= 0.3 is 5.97 Å². The zero-order valence-corrected chi connectivity index (χ0v) is 11.6. The highest BCUT2D eigenvalue weighted by Gasteiger charge is 2.05. The summed E-state index contributed by atoms with van der Waals surface area (Å²) in [5, 5.41) is 11.4. The molecule has 108 valence electrons. The number of carboxylic acid groups (broad SMARTS) is 1. The number of aryl methyl sites for hydroxylation is 1. The smallest absolute Gasteiger partial charge is 0.303 e. The summed E-state index contributed by atoms with van der Waals surface area (Å²) in [4.78, 5) is 22.4. The van der Waals surface area contributed by atoms with Crippen molar-refractivity contribution < 1.29 is 14.7 Å². The molecule has 0 unspecified atom stereocenters. The van der Waals surface area contributed by atoms with E-state index in [1.54, 1.807) is 12.1 Å². The molecule has 2 rings (SSSR count). The Morgan fingerprint density at radius 1 is 0.952 bits per heavy atom. The Hall–Kier alpha value is -2.62. The molecule has 2 aromatic carbocycles. The van der Waals surface area contributed by atoms with Crippen molar-refractivity contribution in [3.8, 4) is 0 Å². The van der Waals surface area contributed by atoms with Crippen LogP contribution in [-0.4, -0.2) is 17.0 Å². The minimum atomic E-state index is -0.776. The summed E-state index contributed by atoms with van der Waals surface area (Å²) >= 11 is 0. The molecule has 2 N–H and O–H groups in total. The monoisotopic (exact) mass is 283 g/mol. The van der Waals surface area contributed by atoms with E-state index in [2.05, 4.69) is 5.32 Å². The highest BCUT2D eigenvalue weighted by atomic mass is 16.4. The van der Waals surface area contributed by atoms with Crippen LogP contribution in [0.15, 0.2) is 54.6 Å². The number of carbonyl (C=O) groups excluding carboxylic acids is 1. The van der Waals surface area contributed by atoms with Crippen LogP contribution in [0.1, 0.15) is 28.8 Å². The lowest BCUT2D eigenvalue weighted by Crippen LogP contribution is -2.11. The normalized spacial score (nSPS) is 10.1. The fraction of sp³-hybridized carbons (Fsp3) is 0.176. The van der Waals surface area contributed by atoms with Crippen molar-refractivity contribution in [1.82, 2.24) is 0 Å². The van der Waals surface area contributed by atoms with Gasteiger partial charge in [0, 0.05) is 17.7 Å². The summed E-state index contributed by atoms with van der Waals surface area (Å²) < 4.78 is 0. The van der Waals surface area contributed by atoms with Crippen LogP contribution in [0, 0.1) is 0 Å². The molecule has 0 bridgehead atoms. The Morgan fingerprint density at radius 3 is 2.24 bits per heavy atom. The Balaban J connectivity index is 1.90. The van der Waals surface area contributed by atoms with E-state index >= 15 is 0 Å². The molecule has 1 amide bonds. The van der Waals surface area contributed by atoms with Crippen LogP contribution in [0.25, 0.3) is 0 Å². The highest BCUT2D eigenvalue weighted by Crippen LogP contribution is 2.13. The Labute approximate surface area is 123 Å². The summed E-state index contributed by atoms with van der Waals surface area (Å²) in [6, 6.07) is 16.5. The summed E-state index contributed by atoms with van der Waals surface area (Å²) in [6.45, 7) is 0. The quantitative estimate of drug-likeness (QED) is 0.854. The van der Waals surface area contributed by atoms with Crippen LogP contribution < -0.4 is 5.32 Å². The summed E-state index contributed by atoms with van der Waals surface area (Å²) in [7, 11) is 0. The maximum atomic E-state index is 12.0. The topological polar surface area (TPSA) is 66.4 Å². The first-order valence-electron chi connectivity index (χ1n) is 6.82. The Kier molecular flexibility index (Phi) is 5.10. The van der Waals surface area contributed by atoms with Gasteiger partial charge in [-0.15, -0.1) is 0 Å². The molecule has 0 aliphatic carbocycles. The van der Waals surface area contributed by atoms with Gasteiger partial charge in [-0.2, -0.15) is 0 Å². The van der Waals surface area contributed by atoms with Gasteiger partial charge in [0.25, 0.3) is 5.91 Å². The fourth-order valence-corrected chi connectivity index (χ4v) is 1.99. The van der Waals surface area contributed by atoms with Gasteiger partial charge in [0.2, 0.25) is 0 Å². The standard InChI is InChI=1S/C17H17NO3/c19-16(20)8-4-5-13-9-11-15(12-10-13)18-17(21)14-6-2-1-3-7-14/h1-3,6-7,9-12H,4-5,8H2,(H,18,21)(H,19,20). The molecule has 0 fully saturated rings. The van der Waals surface area contributed by atoms with E-state index in [1.807, 2.05) is 42.5 Å². The van der Waals surface area contributed by atoms with E-state index in [9.17, 15) is 9.59 Å². The molecule has 0 spiro atoms. The summed E-state index contributed by atoms with van der Waals surface area (Å²) in [6.07, 6.45) is 1.51. The van der Waals surface area contributed by atoms with E-state index in [0.29, 0.717) is 12.0 Å². The molecule has 0 saturated carbocycles. The SMILES string of the molecule is O=C(O)CCCc1ccc(NC(=O)c2ccccc2)cc1. The number of aliphatic carboxylic acids is 1. The van der Waals surface area contributed by atoms with Gasteiger partial charge in [0.1, 0.15) is 0 Å². The van der Waals surface area contributed by atoms with Crippen LogP contribution in [0.5, 0.6) is 0 Å². The van der Waals surface area contributed by atoms with E-state index in [1.165, 1.54) is 0 Å². The highest BCUT2D eigenvalue weighted by molar-refractivity contribution is 6.04. The van der Waals surface area contributed by atoms with Gasteiger partial charge in [0.05, 0.1) is 0 Å². The van der Waals surface area contributed by atoms with E-state index in [-0.39, 0.29) is 12.3 Å². The molecule has 0 atom stereocenters. The second-order valence-electron chi connectivity index (χ2n) is 4.76. The van der Waals surface area contributed by atoms with Gasteiger partial charge in [-0.25, -0.2) is 0 Å². The molecule has 0 radical (unpaired) electrons. The summed E-state index contributed by atoms with van der Waals surface area (Å²) in [5.74, 6) is -0.920. The molecule has 2 aromatic rings. The number of hydrogen-bond donors (Lipinski definition) is 2. The Bertz CT molecular complexity index is 606. The van der Waals surface area contributed by atoms with Crippen molar-refractivity contribution in [2.45, 2.75) is 19.3 Å². The number of hydrogen-bond acceptors (Lipinski definition) is 2. The van der Waals surface area contributed by atoms with Crippen LogP contribution in [0.2, 0.25) is 0 Å². The minimum absolute atomic E-state index is 0.144. The lowest BCUT2D eigenvalue weighted by atomic mass is 10.1. The van der Waals surface area contributed by atoms with Crippen molar-refractivity contribution >= 4 is 17.6 Å². The molecule has 21 heavy (non-hydrogen) atoms. The van der Waals surface area contributed by atoms with Crippen LogP contribution in [-0.2, 0) is 11.2 Å².